The fraction of sp³-hybridized carbons (Fsp3) is 0.280. The van der Waals surface area contributed by atoms with E-state index in [9.17, 15) is 15.3 Å². The highest BCUT2D eigenvalue weighted by Gasteiger charge is 2.35. The first-order valence-electron chi connectivity index (χ1n) is 10.2. The molecule has 1 fully saturated rings. The molecule has 5 heteroatoms. The van der Waals surface area contributed by atoms with E-state index in [-0.39, 0.29) is 29.6 Å². The zero-order chi connectivity index (χ0) is 20.9. The van der Waals surface area contributed by atoms with E-state index in [0.717, 1.165) is 5.56 Å². The molecular weight excluding hydrogens is 378 g/mol. The molecule has 1 saturated heterocycles. The van der Waals surface area contributed by atoms with Crippen LogP contribution in [0.3, 0.4) is 0 Å². The molecule has 0 radical (unpaired) electrons. The van der Waals surface area contributed by atoms with Gasteiger partial charge in [0.1, 0.15) is 11.5 Å². The van der Waals surface area contributed by atoms with E-state index in [2.05, 4.69) is 29.6 Å². The number of ether oxygens (including phenoxy) is 1. The Kier molecular flexibility index (Phi) is 6.33. The van der Waals surface area contributed by atoms with Crippen LogP contribution in [0.15, 0.2) is 78.9 Å². The first-order chi connectivity index (χ1) is 14.6. The molecule has 0 spiro atoms. The summed E-state index contributed by atoms with van der Waals surface area (Å²) in [5.74, 6) is 0.0766. The molecule has 1 aliphatic rings. The van der Waals surface area contributed by atoms with Crippen molar-refractivity contribution >= 4 is 0 Å². The van der Waals surface area contributed by atoms with Crippen molar-refractivity contribution in [1.29, 1.82) is 0 Å². The Balaban J connectivity index is 1.45. The molecule has 1 heterocycles. The summed E-state index contributed by atoms with van der Waals surface area (Å²) in [5, 5.41) is 33.4. The van der Waals surface area contributed by atoms with Gasteiger partial charge in [0.25, 0.3) is 0 Å². The van der Waals surface area contributed by atoms with E-state index < -0.39 is 6.10 Å². The van der Waals surface area contributed by atoms with Crippen molar-refractivity contribution in [2.75, 3.05) is 6.61 Å². The molecule has 5 nitrogen and oxygen atoms in total. The summed E-state index contributed by atoms with van der Waals surface area (Å²) in [6, 6.07) is 24.8. The van der Waals surface area contributed by atoms with Gasteiger partial charge in [-0.15, -0.1) is 0 Å². The van der Waals surface area contributed by atoms with Crippen LogP contribution in [-0.2, 0) is 11.3 Å². The number of hydrogen-bond donors (Lipinski definition) is 4. The first-order valence-corrected chi connectivity index (χ1v) is 10.2. The van der Waals surface area contributed by atoms with Crippen LogP contribution in [0.5, 0.6) is 11.5 Å². The zero-order valence-electron chi connectivity index (χ0n) is 16.7. The topological polar surface area (TPSA) is 82.0 Å². The number of nitrogens with one attached hydrogen (secondary N) is 1. The molecule has 4 rings (SSSR count). The maximum absolute atomic E-state index is 10.8. The Morgan fingerprint density at radius 1 is 0.867 bits per heavy atom. The summed E-state index contributed by atoms with van der Waals surface area (Å²) >= 11 is 0. The third kappa shape index (κ3) is 4.82. The van der Waals surface area contributed by atoms with Gasteiger partial charge in [-0.3, -0.25) is 0 Å². The molecule has 4 N–H and O–H groups in total. The van der Waals surface area contributed by atoms with Crippen LogP contribution in [-0.4, -0.2) is 40.2 Å². The third-order valence-corrected chi connectivity index (χ3v) is 5.65. The monoisotopic (exact) mass is 405 g/mol. The minimum Gasteiger partial charge on any atom is -0.508 e. The largest absolute Gasteiger partial charge is 0.508 e. The van der Waals surface area contributed by atoms with Gasteiger partial charge in [-0.25, -0.2) is 0 Å². The second-order valence-electron chi connectivity index (χ2n) is 7.82. The second-order valence-corrected chi connectivity index (χ2v) is 7.82. The summed E-state index contributed by atoms with van der Waals surface area (Å²) in [4.78, 5) is 0. The van der Waals surface area contributed by atoms with Crippen molar-refractivity contribution in [2.45, 2.75) is 37.1 Å². The summed E-state index contributed by atoms with van der Waals surface area (Å²) in [6.07, 6.45) is -0.186. The maximum Gasteiger partial charge on any atom is 0.119 e. The van der Waals surface area contributed by atoms with Crippen molar-refractivity contribution in [3.63, 3.8) is 0 Å². The van der Waals surface area contributed by atoms with Crippen molar-refractivity contribution in [3.05, 3.63) is 95.6 Å². The van der Waals surface area contributed by atoms with E-state index in [1.165, 1.54) is 17.2 Å². The lowest BCUT2D eigenvalue weighted by Crippen LogP contribution is -2.50. The second kappa shape index (κ2) is 9.30. The number of hydrogen-bond acceptors (Lipinski definition) is 5. The number of phenols is 2. The van der Waals surface area contributed by atoms with Gasteiger partial charge in [0, 0.05) is 24.9 Å². The fourth-order valence-electron chi connectivity index (χ4n) is 4.19. The molecule has 3 aromatic carbocycles. The third-order valence-electron chi connectivity index (χ3n) is 5.65. The number of benzene rings is 3. The number of aliphatic hydroxyl groups is 1. The SMILES string of the molecule is Oc1cc(O)cc(CN[C@@H]2CO[C@H](C(c3ccccc3)c3ccccc3)C[C@@H]2O)c1. The van der Waals surface area contributed by atoms with Crippen LogP contribution < -0.4 is 5.32 Å². The summed E-state index contributed by atoms with van der Waals surface area (Å²) < 4.78 is 6.25. The quantitative estimate of drug-likeness (QED) is 0.504. The van der Waals surface area contributed by atoms with Gasteiger partial charge in [-0.05, 0) is 28.8 Å². The molecule has 0 bridgehead atoms. The molecule has 1 aliphatic heterocycles. The lowest BCUT2D eigenvalue weighted by Gasteiger charge is -2.38. The molecule has 0 amide bonds. The van der Waals surface area contributed by atoms with Crippen LogP contribution in [0, 0.1) is 0 Å². The van der Waals surface area contributed by atoms with Crippen LogP contribution >= 0.6 is 0 Å². The molecule has 30 heavy (non-hydrogen) atoms. The van der Waals surface area contributed by atoms with Gasteiger partial charge in [0.05, 0.1) is 24.9 Å². The van der Waals surface area contributed by atoms with E-state index in [0.29, 0.717) is 19.6 Å². The van der Waals surface area contributed by atoms with Gasteiger partial charge < -0.3 is 25.4 Å². The van der Waals surface area contributed by atoms with Gasteiger partial charge in [-0.1, -0.05) is 60.7 Å². The average molecular weight is 405 g/mol. The average Bonchev–Trinajstić information content (AvgIpc) is 2.74. The molecular formula is C25H27NO4. The highest BCUT2D eigenvalue weighted by Crippen LogP contribution is 2.34. The van der Waals surface area contributed by atoms with E-state index in [1.54, 1.807) is 12.1 Å². The molecule has 3 aromatic rings. The number of aromatic hydroxyl groups is 2. The van der Waals surface area contributed by atoms with Crippen LogP contribution in [0.4, 0.5) is 0 Å². The zero-order valence-corrected chi connectivity index (χ0v) is 16.7. The minimum atomic E-state index is -0.565. The van der Waals surface area contributed by atoms with E-state index in [1.807, 2.05) is 36.4 Å². The van der Waals surface area contributed by atoms with Crippen molar-refractivity contribution in [2.24, 2.45) is 0 Å². The van der Waals surface area contributed by atoms with Gasteiger partial charge in [-0.2, -0.15) is 0 Å². The smallest absolute Gasteiger partial charge is 0.119 e. The predicted molar refractivity (Wildman–Crippen MR) is 115 cm³/mol. The van der Waals surface area contributed by atoms with Crippen LogP contribution in [0.25, 0.3) is 0 Å². The van der Waals surface area contributed by atoms with Gasteiger partial charge in [0.15, 0.2) is 0 Å². The summed E-state index contributed by atoms with van der Waals surface area (Å²) in [5.41, 5.74) is 3.08. The van der Waals surface area contributed by atoms with Crippen molar-refractivity contribution in [3.8, 4) is 11.5 Å². The highest BCUT2D eigenvalue weighted by atomic mass is 16.5. The summed E-state index contributed by atoms with van der Waals surface area (Å²) in [7, 11) is 0. The first kappa shape index (κ1) is 20.4. The molecule has 0 aliphatic carbocycles. The normalized spacial score (nSPS) is 21.6. The number of aliphatic hydroxyl groups excluding tert-OH is 1. The molecule has 0 saturated carbocycles. The number of rotatable bonds is 6. The lowest BCUT2D eigenvalue weighted by atomic mass is 9.82. The molecule has 3 atom stereocenters. The molecule has 0 aromatic heterocycles. The van der Waals surface area contributed by atoms with Crippen LogP contribution in [0.2, 0.25) is 0 Å². The minimum absolute atomic E-state index is 0.0147. The Labute approximate surface area is 176 Å². The Bertz CT molecular complexity index is 888. The summed E-state index contributed by atoms with van der Waals surface area (Å²) in [6.45, 7) is 0.797. The standard InChI is InChI=1S/C25H27NO4/c27-20-11-17(12-21(28)13-20)15-26-22-16-30-24(14-23(22)29)25(18-7-3-1-4-8-18)19-9-5-2-6-10-19/h1-13,22-29H,14-16H2/t22-,23+,24+/m1/s1. The van der Waals surface area contributed by atoms with E-state index in [4.69, 9.17) is 4.74 Å². The lowest BCUT2D eigenvalue weighted by molar-refractivity contribution is -0.0718. The Morgan fingerprint density at radius 2 is 1.43 bits per heavy atom. The van der Waals surface area contributed by atoms with E-state index >= 15 is 0 Å². The fourth-order valence-corrected chi connectivity index (χ4v) is 4.19. The Morgan fingerprint density at radius 3 is 1.97 bits per heavy atom. The van der Waals surface area contributed by atoms with Crippen LogP contribution in [0.1, 0.15) is 29.0 Å². The molecule has 156 valence electrons. The molecule has 0 unspecified atom stereocenters. The van der Waals surface area contributed by atoms with Gasteiger partial charge >= 0.3 is 0 Å². The highest BCUT2D eigenvalue weighted by molar-refractivity contribution is 5.37. The number of phenolic OH excluding ortho intramolecular Hbond substituents is 2. The van der Waals surface area contributed by atoms with Gasteiger partial charge in [0.2, 0.25) is 0 Å². The van der Waals surface area contributed by atoms with Crippen molar-refractivity contribution < 1.29 is 20.1 Å². The predicted octanol–water partition coefficient (Wildman–Crippen LogP) is 3.54. The Hall–Kier alpha value is -2.86. The maximum atomic E-state index is 10.8. The van der Waals surface area contributed by atoms with Crippen molar-refractivity contribution in [1.82, 2.24) is 5.32 Å².